The molecule has 1 aliphatic heterocycles. The number of nitrogens with zero attached hydrogens (tertiary/aromatic N) is 6. The van der Waals surface area contributed by atoms with Gasteiger partial charge in [0.1, 0.15) is 6.10 Å². The van der Waals surface area contributed by atoms with Gasteiger partial charge in [0.05, 0.1) is 6.10 Å². The molecule has 0 bridgehead atoms. The molecule has 0 spiro atoms. The maximum Gasteiger partial charge on any atom is 0.200 e. The van der Waals surface area contributed by atoms with E-state index in [1.807, 2.05) is 12.1 Å². The largest absolute Gasteiger partial charge is 0.367 e. The van der Waals surface area contributed by atoms with Crippen LogP contribution in [0.5, 0.6) is 0 Å². The van der Waals surface area contributed by atoms with Gasteiger partial charge in [-0.2, -0.15) is 11.3 Å². The number of ether oxygens (including phenoxy) is 1. The van der Waals surface area contributed by atoms with E-state index >= 15 is 0 Å². The Morgan fingerprint density at radius 1 is 1.29 bits per heavy atom. The van der Waals surface area contributed by atoms with Gasteiger partial charge in [0, 0.05) is 13.1 Å². The Hall–Kier alpha value is -2.06. The first-order valence-corrected chi connectivity index (χ1v) is 7.72. The van der Waals surface area contributed by atoms with Crippen LogP contribution in [0.15, 0.2) is 29.0 Å². The van der Waals surface area contributed by atoms with E-state index in [0.717, 1.165) is 18.9 Å². The van der Waals surface area contributed by atoms with Gasteiger partial charge in [-0.3, -0.25) is 0 Å². The van der Waals surface area contributed by atoms with Crippen LogP contribution in [0.25, 0.3) is 5.65 Å². The molecule has 0 unspecified atom stereocenters. The molecule has 4 rings (SSSR count). The van der Waals surface area contributed by atoms with E-state index in [4.69, 9.17) is 4.74 Å². The van der Waals surface area contributed by atoms with E-state index in [-0.39, 0.29) is 12.2 Å². The van der Waals surface area contributed by atoms with Crippen molar-refractivity contribution in [1.82, 2.24) is 25.3 Å². The highest BCUT2D eigenvalue weighted by molar-refractivity contribution is 7.07. The van der Waals surface area contributed by atoms with E-state index in [1.54, 1.807) is 11.3 Å². The number of aromatic nitrogens is 5. The third kappa shape index (κ3) is 2.36. The summed E-state index contributed by atoms with van der Waals surface area (Å²) in [7, 11) is 0. The van der Waals surface area contributed by atoms with Crippen molar-refractivity contribution in [2.75, 3.05) is 18.0 Å². The molecule has 108 valence electrons. The molecule has 3 aromatic rings. The average Bonchev–Trinajstić information content (AvgIpc) is 3.17. The first kappa shape index (κ1) is 12.7. The van der Waals surface area contributed by atoms with Crippen molar-refractivity contribution >= 4 is 22.8 Å². The van der Waals surface area contributed by atoms with Crippen molar-refractivity contribution in [3.8, 4) is 0 Å². The van der Waals surface area contributed by atoms with Gasteiger partial charge < -0.3 is 9.64 Å². The van der Waals surface area contributed by atoms with E-state index in [9.17, 15) is 0 Å². The summed E-state index contributed by atoms with van der Waals surface area (Å²) in [5.74, 6) is 0.866. The molecule has 1 saturated heterocycles. The monoisotopic (exact) mass is 302 g/mol. The summed E-state index contributed by atoms with van der Waals surface area (Å²) in [6, 6.07) is 5.94. The second kappa shape index (κ2) is 5.05. The lowest BCUT2D eigenvalue weighted by molar-refractivity contribution is -0.0174. The van der Waals surface area contributed by atoms with Crippen LogP contribution in [0.2, 0.25) is 0 Å². The summed E-state index contributed by atoms with van der Waals surface area (Å²) in [6.45, 7) is 3.67. The topological polar surface area (TPSA) is 68.4 Å². The number of rotatable bonds is 2. The fourth-order valence-electron chi connectivity index (χ4n) is 2.59. The fourth-order valence-corrected chi connectivity index (χ4v) is 3.29. The van der Waals surface area contributed by atoms with E-state index in [2.05, 4.69) is 49.3 Å². The van der Waals surface area contributed by atoms with Gasteiger partial charge in [-0.1, -0.05) is 0 Å². The Morgan fingerprint density at radius 2 is 2.24 bits per heavy atom. The predicted octanol–water partition coefficient (Wildman–Crippen LogP) is 1.55. The third-order valence-electron chi connectivity index (χ3n) is 3.55. The number of tetrazole rings is 1. The standard InChI is InChI=1S/C13H14N6OS/c1-9-6-18(7-11(20-9)10-4-5-21-8-10)13-3-2-12-14-16-17-19(12)15-13/h2-5,8-9,11H,6-7H2,1H3/t9-,11+/m1/s1. The normalized spacial score (nSPS) is 22.8. The summed E-state index contributed by atoms with van der Waals surface area (Å²) >= 11 is 1.69. The Bertz CT molecular complexity index is 742. The highest BCUT2D eigenvalue weighted by Gasteiger charge is 2.27. The molecule has 0 N–H and O–H groups in total. The summed E-state index contributed by atoms with van der Waals surface area (Å²) < 4.78 is 7.50. The highest BCUT2D eigenvalue weighted by Crippen LogP contribution is 2.28. The van der Waals surface area contributed by atoms with Crippen LogP contribution in [-0.4, -0.2) is 44.4 Å². The van der Waals surface area contributed by atoms with Gasteiger partial charge in [0.25, 0.3) is 0 Å². The maximum atomic E-state index is 6.04. The van der Waals surface area contributed by atoms with Crippen LogP contribution in [0, 0.1) is 0 Å². The molecular weight excluding hydrogens is 288 g/mol. The summed E-state index contributed by atoms with van der Waals surface area (Å²) in [5, 5.41) is 20.0. The van der Waals surface area contributed by atoms with Gasteiger partial charge in [-0.25, -0.2) is 0 Å². The maximum absolute atomic E-state index is 6.04. The predicted molar refractivity (Wildman–Crippen MR) is 78.4 cm³/mol. The third-order valence-corrected chi connectivity index (χ3v) is 4.26. The molecule has 7 nitrogen and oxygen atoms in total. The quantitative estimate of drug-likeness (QED) is 0.715. The minimum atomic E-state index is 0.0753. The summed E-state index contributed by atoms with van der Waals surface area (Å²) in [6.07, 6.45) is 0.224. The minimum absolute atomic E-state index is 0.0753. The Kier molecular flexibility index (Phi) is 3.04. The second-order valence-corrected chi connectivity index (χ2v) is 5.90. The second-order valence-electron chi connectivity index (χ2n) is 5.12. The van der Waals surface area contributed by atoms with Gasteiger partial charge in [-0.05, 0) is 51.9 Å². The van der Waals surface area contributed by atoms with Crippen LogP contribution in [0.3, 0.4) is 0 Å². The number of morpholine rings is 1. The van der Waals surface area contributed by atoms with Gasteiger partial charge in [0.2, 0.25) is 0 Å². The SMILES string of the molecule is C[C@@H]1CN(c2ccc3nnnn3n2)C[C@@H](c2ccsc2)O1. The molecule has 3 aromatic heterocycles. The lowest BCUT2D eigenvalue weighted by Gasteiger charge is -2.37. The van der Waals surface area contributed by atoms with Crippen LogP contribution >= 0.6 is 11.3 Å². The Labute approximate surface area is 125 Å². The lowest BCUT2D eigenvalue weighted by atomic mass is 10.1. The molecule has 0 saturated carbocycles. The van der Waals surface area contributed by atoms with Crippen LogP contribution in [-0.2, 0) is 4.74 Å². The van der Waals surface area contributed by atoms with Crippen LogP contribution in [0.1, 0.15) is 18.6 Å². The first-order chi connectivity index (χ1) is 10.3. The van der Waals surface area contributed by atoms with Gasteiger partial charge in [-0.15, -0.1) is 14.8 Å². The average molecular weight is 302 g/mol. The van der Waals surface area contributed by atoms with Crippen LogP contribution < -0.4 is 4.90 Å². The van der Waals surface area contributed by atoms with Gasteiger partial charge >= 0.3 is 0 Å². The van der Waals surface area contributed by atoms with E-state index in [0.29, 0.717) is 5.65 Å². The van der Waals surface area contributed by atoms with Crippen molar-refractivity contribution in [2.24, 2.45) is 0 Å². The van der Waals surface area contributed by atoms with Crippen molar-refractivity contribution in [3.05, 3.63) is 34.5 Å². The van der Waals surface area contributed by atoms with Crippen molar-refractivity contribution < 1.29 is 4.74 Å². The zero-order valence-corrected chi connectivity index (χ0v) is 12.3. The van der Waals surface area contributed by atoms with Crippen LogP contribution in [0.4, 0.5) is 5.82 Å². The van der Waals surface area contributed by atoms with E-state index in [1.165, 1.54) is 10.2 Å². The molecule has 4 heterocycles. The number of hydrogen-bond acceptors (Lipinski definition) is 7. The number of hydrogen-bond donors (Lipinski definition) is 0. The zero-order valence-electron chi connectivity index (χ0n) is 11.5. The zero-order chi connectivity index (χ0) is 14.2. The number of thiophene rings is 1. The molecule has 1 aliphatic rings. The number of anilines is 1. The number of fused-ring (bicyclic) bond motifs is 1. The summed E-state index contributed by atoms with van der Waals surface area (Å²) in [4.78, 5) is 2.22. The molecule has 0 aliphatic carbocycles. The highest BCUT2D eigenvalue weighted by atomic mass is 32.1. The van der Waals surface area contributed by atoms with Gasteiger partial charge in [0.15, 0.2) is 11.5 Å². The fraction of sp³-hybridized carbons (Fsp3) is 0.385. The minimum Gasteiger partial charge on any atom is -0.367 e. The molecule has 0 radical (unpaired) electrons. The molecule has 0 amide bonds. The molecular formula is C13H14N6OS. The summed E-state index contributed by atoms with van der Waals surface area (Å²) in [5.41, 5.74) is 1.87. The van der Waals surface area contributed by atoms with Crippen molar-refractivity contribution in [1.29, 1.82) is 0 Å². The Balaban J connectivity index is 1.63. The van der Waals surface area contributed by atoms with Crippen molar-refractivity contribution in [2.45, 2.75) is 19.1 Å². The molecule has 1 fully saturated rings. The smallest absolute Gasteiger partial charge is 0.200 e. The molecule has 0 aromatic carbocycles. The lowest BCUT2D eigenvalue weighted by Crippen LogP contribution is -2.43. The molecule has 8 heteroatoms. The Morgan fingerprint density at radius 3 is 3.10 bits per heavy atom. The molecule has 2 atom stereocenters. The molecule has 21 heavy (non-hydrogen) atoms. The van der Waals surface area contributed by atoms with E-state index < -0.39 is 0 Å². The first-order valence-electron chi connectivity index (χ1n) is 6.77. The van der Waals surface area contributed by atoms with Crippen molar-refractivity contribution in [3.63, 3.8) is 0 Å².